The van der Waals surface area contributed by atoms with Crippen molar-refractivity contribution >= 4 is 50.8 Å². The number of methoxy groups -OCH3 is 2. The monoisotopic (exact) mass is 557 g/mol. The molecule has 0 saturated heterocycles. The van der Waals surface area contributed by atoms with Gasteiger partial charge < -0.3 is 14.4 Å². The molecule has 0 atom stereocenters. The Balaban J connectivity index is 1.34. The van der Waals surface area contributed by atoms with Gasteiger partial charge in [0.1, 0.15) is 23.6 Å². The molecule has 0 spiro atoms. The highest BCUT2D eigenvalue weighted by atomic mass is 16.5. The third-order valence-electron chi connectivity index (χ3n) is 7.55. The van der Waals surface area contributed by atoms with Gasteiger partial charge in [0.2, 0.25) is 0 Å². The van der Waals surface area contributed by atoms with Crippen LogP contribution in [0.1, 0.15) is 22.3 Å². The van der Waals surface area contributed by atoms with Crippen LogP contribution < -0.4 is 14.4 Å². The van der Waals surface area contributed by atoms with Crippen molar-refractivity contribution in [3.63, 3.8) is 0 Å². The van der Waals surface area contributed by atoms with Crippen molar-refractivity contribution in [1.82, 2.24) is 0 Å². The predicted molar refractivity (Wildman–Crippen MR) is 174 cm³/mol. The third kappa shape index (κ3) is 5.24. The van der Waals surface area contributed by atoms with E-state index in [1.807, 2.05) is 103 Å². The molecule has 206 valence electrons. The maximum absolute atomic E-state index is 10.0. The molecule has 5 heteroatoms. The Morgan fingerprint density at radius 1 is 0.512 bits per heavy atom. The number of benzene rings is 6. The van der Waals surface area contributed by atoms with Gasteiger partial charge in [0.15, 0.2) is 0 Å². The summed E-state index contributed by atoms with van der Waals surface area (Å²) < 4.78 is 10.7. The van der Waals surface area contributed by atoms with E-state index in [0.717, 1.165) is 61.2 Å². The van der Waals surface area contributed by atoms with Crippen LogP contribution in [0, 0.1) is 22.7 Å². The average Bonchev–Trinajstić information content (AvgIpc) is 3.07. The summed E-state index contributed by atoms with van der Waals surface area (Å²) in [5, 5.41) is 23.1. The van der Waals surface area contributed by atoms with Crippen molar-refractivity contribution in [2.75, 3.05) is 19.1 Å². The van der Waals surface area contributed by atoms with E-state index in [4.69, 9.17) is 9.47 Å². The zero-order valence-electron chi connectivity index (χ0n) is 23.8. The summed E-state index contributed by atoms with van der Waals surface area (Å²) in [4.78, 5) is 2.18. The Kier molecular flexibility index (Phi) is 7.47. The van der Waals surface area contributed by atoms with Crippen LogP contribution in [0.5, 0.6) is 11.5 Å². The van der Waals surface area contributed by atoms with Crippen LogP contribution in [0.25, 0.3) is 33.7 Å². The minimum Gasteiger partial charge on any atom is -0.497 e. The Morgan fingerprint density at radius 2 is 0.930 bits per heavy atom. The summed E-state index contributed by atoms with van der Waals surface area (Å²) in [7, 11) is 3.32. The summed E-state index contributed by atoms with van der Waals surface area (Å²) in [6.07, 6.45) is 4.08. The summed E-state index contributed by atoms with van der Waals surface area (Å²) in [6.45, 7) is 0. The minimum atomic E-state index is 0.585. The fourth-order valence-electron chi connectivity index (χ4n) is 5.38. The Hall–Kier alpha value is -6.04. The Bertz CT molecular complexity index is 2000. The molecule has 0 aliphatic rings. The SMILES string of the molecule is COc1ccc(N(c2ccc(/C=C/c3ccc4c(C#N)c5ccccc5c(C#N)c4c3)cc2)c2ccc(OC)cc2)cc1. The number of hydrogen-bond acceptors (Lipinski definition) is 5. The van der Waals surface area contributed by atoms with E-state index in [2.05, 4.69) is 41.3 Å². The second kappa shape index (κ2) is 11.8. The fourth-order valence-corrected chi connectivity index (χ4v) is 5.38. The van der Waals surface area contributed by atoms with Gasteiger partial charge in [-0.15, -0.1) is 0 Å². The van der Waals surface area contributed by atoms with E-state index in [0.29, 0.717) is 11.1 Å². The van der Waals surface area contributed by atoms with Gasteiger partial charge in [-0.05, 0) is 77.9 Å². The molecule has 0 fully saturated rings. The van der Waals surface area contributed by atoms with Crippen LogP contribution in [-0.2, 0) is 0 Å². The molecular weight excluding hydrogens is 530 g/mol. The smallest absolute Gasteiger partial charge is 0.119 e. The van der Waals surface area contributed by atoms with Crippen LogP contribution in [-0.4, -0.2) is 14.2 Å². The largest absolute Gasteiger partial charge is 0.497 e. The number of ether oxygens (including phenoxy) is 2. The molecule has 6 aromatic carbocycles. The first-order valence-corrected chi connectivity index (χ1v) is 13.8. The zero-order valence-corrected chi connectivity index (χ0v) is 23.8. The highest BCUT2D eigenvalue weighted by molar-refractivity contribution is 6.09. The summed E-state index contributed by atoms with van der Waals surface area (Å²) in [5.41, 5.74) is 6.17. The molecule has 5 nitrogen and oxygen atoms in total. The molecule has 0 radical (unpaired) electrons. The molecule has 0 unspecified atom stereocenters. The van der Waals surface area contributed by atoms with Gasteiger partial charge in [0.25, 0.3) is 0 Å². The molecule has 6 rings (SSSR count). The van der Waals surface area contributed by atoms with Crippen molar-refractivity contribution < 1.29 is 9.47 Å². The molecule has 0 aliphatic heterocycles. The highest BCUT2D eigenvalue weighted by Crippen LogP contribution is 2.37. The zero-order chi connectivity index (χ0) is 29.8. The number of nitrogens with zero attached hydrogens (tertiary/aromatic N) is 3. The first-order chi connectivity index (χ1) is 21.1. The third-order valence-corrected chi connectivity index (χ3v) is 7.55. The van der Waals surface area contributed by atoms with Crippen molar-refractivity contribution in [3.8, 4) is 23.6 Å². The number of fused-ring (bicyclic) bond motifs is 2. The van der Waals surface area contributed by atoms with E-state index in [-0.39, 0.29) is 0 Å². The van der Waals surface area contributed by atoms with Crippen LogP contribution in [0.15, 0.2) is 115 Å². The van der Waals surface area contributed by atoms with Crippen molar-refractivity contribution in [2.24, 2.45) is 0 Å². The predicted octanol–water partition coefficient (Wildman–Crippen LogP) is 9.39. The maximum Gasteiger partial charge on any atom is 0.119 e. The molecule has 0 amide bonds. The normalized spacial score (nSPS) is 10.9. The van der Waals surface area contributed by atoms with E-state index >= 15 is 0 Å². The lowest BCUT2D eigenvalue weighted by molar-refractivity contribution is 0.415. The van der Waals surface area contributed by atoms with Crippen LogP contribution in [0.3, 0.4) is 0 Å². The van der Waals surface area contributed by atoms with Crippen LogP contribution in [0.4, 0.5) is 17.1 Å². The van der Waals surface area contributed by atoms with Gasteiger partial charge in [-0.2, -0.15) is 10.5 Å². The molecule has 0 N–H and O–H groups in total. The van der Waals surface area contributed by atoms with Gasteiger partial charge in [-0.25, -0.2) is 0 Å². The van der Waals surface area contributed by atoms with Crippen molar-refractivity contribution in [3.05, 3.63) is 138 Å². The van der Waals surface area contributed by atoms with E-state index in [9.17, 15) is 10.5 Å². The first-order valence-electron chi connectivity index (χ1n) is 13.8. The van der Waals surface area contributed by atoms with Gasteiger partial charge in [0.05, 0.1) is 25.3 Å². The molecular formula is C38H27N3O2. The van der Waals surface area contributed by atoms with E-state index in [1.54, 1.807) is 14.2 Å². The number of anilines is 3. The standard InChI is InChI=1S/C38H27N3O2/c1-42-31-18-14-29(15-19-31)41(30-16-20-32(43-2)21-17-30)28-12-9-26(10-13-28)7-8-27-11-22-35-36(23-27)38(25-40)34-6-4-3-5-33(34)37(35)24-39/h3-23H,1-2H3/b8-7+. The maximum atomic E-state index is 10.0. The van der Waals surface area contributed by atoms with Gasteiger partial charge >= 0.3 is 0 Å². The van der Waals surface area contributed by atoms with Gasteiger partial charge in [-0.3, -0.25) is 0 Å². The second-order valence-corrected chi connectivity index (χ2v) is 9.98. The lowest BCUT2D eigenvalue weighted by atomic mass is 9.91. The van der Waals surface area contributed by atoms with Crippen molar-refractivity contribution in [2.45, 2.75) is 0 Å². The average molecular weight is 558 g/mol. The molecule has 0 bridgehead atoms. The molecule has 43 heavy (non-hydrogen) atoms. The molecule has 6 aromatic rings. The molecule has 0 heterocycles. The summed E-state index contributed by atoms with van der Waals surface area (Å²) in [5.74, 6) is 1.60. The Morgan fingerprint density at radius 3 is 1.42 bits per heavy atom. The quantitative estimate of drug-likeness (QED) is 0.144. The first kappa shape index (κ1) is 27.1. The lowest BCUT2D eigenvalue weighted by Gasteiger charge is -2.26. The number of rotatable bonds is 7. The summed E-state index contributed by atoms with van der Waals surface area (Å²) >= 11 is 0. The number of hydrogen-bond donors (Lipinski definition) is 0. The molecule has 0 aliphatic carbocycles. The van der Waals surface area contributed by atoms with Gasteiger partial charge in [0, 0.05) is 38.6 Å². The van der Waals surface area contributed by atoms with E-state index < -0.39 is 0 Å². The van der Waals surface area contributed by atoms with Crippen LogP contribution >= 0.6 is 0 Å². The van der Waals surface area contributed by atoms with Crippen molar-refractivity contribution in [1.29, 1.82) is 10.5 Å². The summed E-state index contributed by atoms with van der Waals surface area (Å²) in [6, 6.07) is 42.5. The molecule has 0 aromatic heterocycles. The minimum absolute atomic E-state index is 0.585. The second-order valence-electron chi connectivity index (χ2n) is 9.98. The molecule has 0 saturated carbocycles. The fraction of sp³-hybridized carbons (Fsp3) is 0.0526. The Labute approximate surface area is 250 Å². The lowest BCUT2D eigenvalue weighted by Crippen LogP contribution is -2.09. The highest BCUT2D eigenvalue weighted by Gasteiger charge is 2.15. The van der Waals surface area contributed by atoms with Crippen LogP contribution in [0.2, 0.25) is 0 Å². The topological polar surface area (TPSA) is 69.3 Å². The van der Waals surface area contributed by atoms with Gasteiger partial charge in [-0.1, -0.05) is 60.7 Å². The number of nitriles is 2. The van der Waals surface area contributed by atoms with E-state index in [1.165, 1.54) is 0 Å².